The largest absolute Gasteiger partial charge is 0.293 e. The fraction of sp³-hybridized carbons (Fsp3) is 0.500. The van der Waals surface area contributed by atoms with Crippen LogP contribution in [0.2, 0.25) is 0 Å². The third-order valence-electron chi connectivity index (χ3n) is 1.69. The quantitative estimate of drug-likeness (QED) is 0.551. The van der Waals surface area contributed by atoms with Gasteiger partial charge < -0.3 is 0 Å². The molecule has 0 aromatic carbocycles. The maximum absolute atomic E-state index is 11.8. The van der Waals surface area contributed by atoms with Gasteiger partial charge in [-0.2, -0.15) is 0 Å². The third kappa shape index (κ3) is 2.58. The zero-order chi connectivity index (χ0) is 10.1. The first kappa shape index (κ1) is 10.8. The van der Waals surface area contributed by atoms with Crippen LogP contribution in [-0.2, 0) is 0 Å². The molecule has 0 saturated carbocycles. The molecule has 0 N–H and O–H groups in total. The van der Waals surface area contributed by atoms with Gasteiger partial charge in [0.1, 0.15) is 0 Å². The van der Waals surface area contributed by atoms with Crippen molar-refractivity contribution in [3.8, 4) is 0 Å². The van der Waals surface area contributed by atoms with Gasteiger partial charge in [0.15, 0.2) is 5.78 Å². The van der Waals surface area contributed by atoms with Crippen molar-refractivity contribution in [3.05, 3.63) is 17.0 Å². The topological polar surface area (TPSA) is 17.1 Å². The smallest absolute Gasteiger partial charge is 0.178 e. The molecule has 0 radical (unpaired) electrons. The number of rotatable bonds is 2. The van der Waals surface area contributed by atoms with Crippen molar-refractivity contribution in [2.24, 2.45) is 5.41 Å². The van der Waals surface area contributed by atoms with Gasteiger partial charge in [0.25, 0.3) is 0 Å². The van der Waals surface area contributed by atoms with Crippen LogP contribution >= 0.6 is 23.1 Å². The lowest BCUT2D eigenvalue weighted by Gasteiger charge is -2.14. The molecule has 0 atom stereocenters. The van der Waals surface area contributed by atoms with Gasteiger partial charge in [0, 0.05) is 5.41 Å². The number of Topliss-reactive ketones (excluding diaryl/α,β-unsaturated/α-hetero) is 1. The van der Waals surface area contributed by atoms with Crippen molar-refractivity contribution in [3.63, 3.8) is 0 Å². The summed E-state index contributed by atoms with van der Waals surface area (Å²) in [6, 6.07) is 3.93. The summed E-state index contributed by atoms with van der Waals surface area (Å²) in [6.07, 6.45) is 2.02. The predicted octanol–water partition coefficient (Wildman–Crippen LogP) is 3.70. The summed E-state index contributed by atoms with van der Waals surface area (Å²) in [5.74, 6) is 0.234. The molecule has 1 heterocycles. The van der Waals surface area contributed by atoms with E-state index in [-0.39, 0.29) is 11.2 Å². The van der Waals surface area contributed by atoms with E-state index >= 15 is 0 Å². The molecule has 0 amide bonds. The molecule has 0 aliphatic carbocycles. The summed E-state index contributed by atoms with van der Waals surface area (Å²) in [6.45, 7) is 5.86. The van der Waals surface area contributed by atoms with E-state index in [4.69, 9.17) is 0 Å². The van der Waals surface area contributed by atoms with Crippen LogP contribution in [0.1, 0.15) is 30.4 Å². The molecule has 0 aliphatic heterocycles. The Hall–Kier alpha value is -0.280. The fourth-order valence-corrected chi connectivity index (χ4v) is 2.62. The predicted molar refractivity (Wildman–Crippen MR) is 59.9 cm³/mol. The first-order valence-electron chi connectivity index (χ1n) is 4.14. The second-order valence-electron chi connectivity index (χ2n) is 3.90. The molecule has 0 aliphatic rings. The van der Waals surface area contributed by atoms with Gasteiger partial charge in [-0.3, -0.25) is 4.79 Å². The number of carbonyl (C=O) groups is 1. The monoisotopic (exact) mass is 214 g/mol. The molecule has 1 rings (SSSR count). The number of thiophene rings is 1. The van der Waals surface area contributed by atoms with E-state index in [1.54, 1.807) is 23.1 Å². The van der Waals surface area contributed by atoms with Crippen LogP contribution < -0.4 is 0 Å². The third-order valence-corrected chi connectivity index (χ3v) is 3.85. The van der Waals surface area contributed by atoms with Gasteiger partial charge in [-0.15, -0.1) is 23.1 Å². The normalized spacial score (nSPS) is 11.7. The van der Waals surface area contributed by atoms with E-state index in [0.717, 1.165) is 4.88 Å². The van der Waals surface area contributed by atoms with E-state index in [1.165, 1.54) is 4.21 Å². The Labute approximate surface area is 87.5 Å². The standard InChI is InChI=1S/C10H14OS2/c1-10(2,3)9(11)7-5-6-8(12-4)13-7/h5-6H,1-4H3. The van der Waals surface area contributed by atoms with Gasteiger partial charge in [-0.25, -0.2) is 0 Å². The highest BCUT2D eigenvalue weighted by Gasteiger charge is 2.23. The van der Waals surface area contributed by atoms with Crippen molar-refractivity contribution in [2.45, 2.75) is 25.0 Å². The maximum atomic E-state index is 11.8. The lowest BCUT2D eigenvalue weighted by atomic mass is 9.90. The van der Waals surface area contributed by atoms with E-state index in [1.807, 2.05) is 39.2 Å². The molecular weight excluding hydrogens is 200 g/mol. The van der Waals surface area contributed by atoms with Crippen LogP contribution in [0, 0.1) is 5.41 Å². The zero-order valence-corrected chi connectivity index (χ0v) is 10.0. The number of hydrogen-bond donors (Lipinski definition) is 0. The molecule has 3 heteroatoms. The van der Waals surface area contributed by atoms with Gasteiger partial charge in [0.2, 0.25) is 0 Å². The summed E-state index contributed by atoms with van der Waals surface area (Å²) >= 11 is 3.27. The number of ketones is 1. The van der Waals surface area contributed by atoms with Gasteiger partial charge in [-0.05, 0) is 18.4 Å². The highest BCUT2D eigenvalue weighted by atomic mass is 32.2. The van der Waals surface area contributed by atoms with Gasteiger partial charge in [0.05, 0.1) is 9.09 Å². The van der Waals surface area contributed by atoms with Gasteiger partial charge >= 0.3 is 0 Å². The highest BCUT2D eigenvalue weighted by Crippen LogP contribution is 2.30. The minimum atomic E-state index is -0.263. The fourth-order valence-electron chi connectivity index (χ4n) is 0.921. The molecule has 1 aromatic rings. The minimum absolute atomic E-state index is 0.234. The van der Waals surface area contributed by atoms with Crippen LogP contribution in [0.5, 0.6) is 0 Å². The minimum Gasteiger partial charge on any atom is -0.293 e. The van der Waals surface area contributed by atoms with Crippen LogP contribution in [0.4, 0.5) is 0 Å². The van der Waals surface area contributed by atoms with Gasteiger partial charge in [-0.1, -0.05) is 20.8 Å². The molecule has 0 saturated heterocycles. The molecule has 0 fully saturated rings. The van der Waals surface area contributed by atoms with E-state index in [9.17, 15) is 4.79 Å². The zero-order valence-electron chi connectivity index (χ0n) is 8.38. The summed E-state index contributed by atoms with van der Waals surface area (Å²) in [5.41, 5.74) is -0.263. The summed E-state index contributed by atoms with van der Waals surface area (Å²) in [4.78, 5) is 12.7. The molecule has 72 valence electrons. The maximum Gasteiger partial charge on any atom is 0.178 e. The Kier molecular flexibility index (Phi) is 3.19. The molecule has 0 spiro atoms. The van der Waals surface area contributed by atoms with Crippen LogP contribution in [0.25, 0.3) is 0 Å². The second-order valence-corrected chi connectivity index (χ2v) is 6.09. The SMILES string of the molecule is CSc1ccc(C(=O)C(C)(C)C)s1. The Bertz CT molecular complexity index is 307. The van der Waals surface area contributed by atoms with E-state index < -0.39 is 0 Å². The Balaban J connectivity index is 2.90. The highest BCUT2D eigenvalue weighted by molar-refractivity contribution is 8.00. The van der Waals surface area contributed by atoms with Crippen LogP contribution in [0.3, 0.4) is 0 Å². The average molecular weight is 214 g/mol. The molecular formula is C10H14OS2. The van der Waals surface area contributed by atoms with E-state index in [2.05, 4.69) is 0 Å². The number of carbonyl (C=O) groups excluding carboxylic acids is 1. The lowest BCUT2D eigenvalue weighted by Crippen LogP contribution is -2.18. The first-order valence-corrected chi connectivity index (χ1v) is 6.18. The number of hydrogen-bond acceptors (Lipinski definition) is 3. The summed E-state index contributed by atoms with van der Waals surface area (Å²) in [7, 11) is 0. The summed E-state index contributed by atoms with van der Waals surface area (Å²) < 4.78 is 1.20. The van der Waals surface area contributed by atoms with Crippen molar-refractivity contribution in [1.29, 1.82) is 0 Å². The van der Waals surface area contributed by atoms with Crippen molar-refractivity contribution in [2.75, 3.05) is 6.26 Å². The molecule has 1 aromatic heterocycles. The van der Waals surface area contributed by atoms with Crippen LogP contribution in [-0.4, -0.2) is 12.0 Å². The van der Waals surface area contributed by atoms with E-state index in [0.29, 0.717) is 0 Å². The Morgan fingerprint density at radius 1 is 1.38 bits per heavy atom. The molecule has 0 bridgehead atoms. The van der Waals surface area contributed by atoms with Crippen molar-refractivity contribution in [1.82, 2.24) is 0 Å². The van der Waals surface area contributed by atoms with Crippen molar-refractivity contribution >= 4 is 28.9 Å². The molecule has 13 heavy (non-hydrogen) atoms. The lowest BCUT2D eigenvalue weighted by molar-refractivity contribution is 0.0863. The molecule has 1 nitrogen and oxygen atoms in total. The average Bonchev–Trinajstić information content (AvgIpc) is 2.48. The first-order chi connectivity index (χ1) is 5.95. The Morgan fingerprint density at radius 3 is 2.38 bits per heavy atom. The second kappa shape index (κ2) is 3.84. The Morgan fingerprint density at radius 2 is 2.00 bits per heavy atom. The van der Waals surface area contributed by atoms with Crippen LogP contribution in [0.15, 0.2) is 16.3 Å². The van der Waals surface area contributed by atoms with Crippen molar-refractivity contribution < 1.29 is 4.79 Å². The number of thioether (sulfide) groups is 1. The molecule has 0 unspecified atom stereocenters. The summed E-state index contributed by atoms with van der Waals surface area (Å²) in [5, 5.41) is 0.